The molecular formula is C19H24N4O2. The lowest BCUT2D eigenvalue weighted by Crippen LogP contribution is -2.37. The lowest BCUT2D eigenvalue weighted by molar-refractivity contribution is -0.125. The van der Waals surface area contributed by atoms with Crippen LogP contribution in [0.2, 0.25) is 0 Å². The van der Waals surface area contributed by atoms with Crippen LogP contribution in [0.3, 0.4) is 0 Å². The highest BCUT2D eigenvalue weighted by Crippen LogP contribution is 2.38. The third kappa shape index (κ3) is 2.65. The summed E-state index contributed by atoms with van der Waals surface area (Å²) in [4.78, 5) is 17.1. The second-order valence-electron chi connectivity index (χ2n) is 7.67. The van der Waals surface area contributed by atoms with Gasteiger partial charge in [-0.15, -0.1) is 0 Å². The molecule has 3 N–H and O–H groups in total. The lowest BCUT2D eigenvalue weighted by atomic mass is 9.78. The van der Waals surface area contributed by atoms with E-state index in [1.807, 2.05) is 6.07 Å². The topological polar surface area (TPSA) is 94.0 Å². The van der Waals surface area contributed by atoms with Crippen molar-refractivity contribution in [2.75, 3.05) is 6.54 Å². The number of hydrogen-bond donors (Lipinski definition) is 2. The van der Waals surface area contributed by atoms with Gasteiger partial charge in [0.1, 0.15) is 5.41 Å². The van der Waals surface area contributed by atoms with Crippen molar-refractivity contribution >= 4 is 5.91 Å². The number of nitrogens with zero attached hydrogens (tertiary/aromatic N) is 2. The van der Waals surface area contributed by atoms with Gasteiger partial charge in [-0.2, -0.15) is 4.98 Å². The van der Waals surface area contributed by atoms with E-state index in [0.717, 1.165) is 18.4 Å². The van der Waals surface area contributed by atoms with Crippen molar-refractivity contribution in [1.82, 2.24) is 15.5 Å². The molecule has 1 aliphatic heterocycles. The second kappa shape index (κ2) is 5.95. The maximum Gasteiger partial charge on any atom is 0.242 e. The highest BCUT2D eigenvalue weighted by molar-refractivity contribution is 5.89. The molecule has 2 unspecified atom stereocenters. The number of benzene rings is 1. The van der Waals surface area contributed by atoms with Gasteiger partial charge in [-0.3, -0.25) is 4.79 Å². The van der Waals surface area contributed by atoms with Gasteiger partial charge in [0, 0.05) is 18.2 Å². The Labute approximate surface area is 147 Å². The van der Waals surface area contributed by atoms with Crippen molar-refractivity contribution in [3.8, 4) is 11.4 Å². The lowest BCUT2D eigenvalue weighted by Gasteiger charge is -2.23. The average Bonchev–Trinajstić information content (AvgIpc) is 3.28. The fourth-order valence-electron chi connectivity index (χ4n) is 4.16. The van der Waals surface area contributed by atoms with Gasteiger partial charge in [0.2, 0.25) is 17.6 Å². The summed E-state index contributed by atoms with van der Waals surface area (Å²) in [7, 11) is 0. The van der Waals surface area contributed by atoms with E-state index < -0.39 is 5.41 Å². The Morgan fingerprint density at radius 3 is 3.00 bits per heavy atom. The normalized spacial score (nSPS) is 25.4. The van der Waals surface area contributed by atoms with Crippen LogP contribution in [0.5, 0.6) is 0 Å². The van der Waals surface area contributed by atoms with Gasteiger partial charge in [-0.05, 0) is 48.8 Å². The predicted octanol–water partition coefficient (Wildman–Crippen LogP) is 2.49. The molecule has 1 fully saturated rings. The first-order valence-corrected chi connectivity index (χ1v) is 9.01. The van der Waals surface area contributed by atoms with Gasteiger partial charge >= 0.3 is 0 Å². The summed E-state index contributed by atoms with van der Waals surface area (Å²) in [6, 6.07) is 6.25. The predicted molar refractivity (Wildman–Crippen MR) is 93.7 cm³/mol. The molecule has 1 aliphatic carbocycles. The summed E-state index contributed by atoms with van der Waals surface area (Å²) in [5.41, 5.74) is 8.83. The van der Waals surface area contributed by atoms with Crippen LogP contribution >= 0.6 is 0 Å². The molecule has 0 radical (unpaired) electrons. The fourth-order valence-corrected chi connectivity index (χ4v) is 4.16. The number of carbonyl (C=O) groups is 1. The third-order valence-electron chi connectivity index (χ3n) is 5.39. The first-order chi connectivity index (χ1) is 12.0. The van der Waals surface area contributed by atoms with Crippen molar-refractivity contribution in [3.05, 3.63) is 35.2 Å². The molecule has 2 aliphatic rings. The third-order valence-corrected chi connectivity index (χ3v) is 5.39. The molecule has 1 aromatic heterocycles. The number of aryl methyl sites for hydroxylation is 1. The average molecular weight is 340 g/mol. The molecule has 132 valence electrons. The number of carbonyl (C=O) groups excluding carboxylic acids is 1. The first-order valence-electron chi connectivity index (χ1n) is 9.01. The SMILES string of the molecule is CC(C)CC1(c2nc(-c3ccc4c(c3)C(N)CC4)no2)CCNC1=O. The van der Waals surface area contributed by atoms with E-state index in [-0.39, 0.29) is 11.9 Å². The van der Waals surface area contributed by atoms with Gasteiger partial charge in [0.25, 0.3) is 0 Å². The van der Waals surface area contributed by atoms with E-state index in [1.165, 1.54) is 11.1 Å². The zero-order chi connectivity index (χ0) is 17.6. The van der Waals surface area contributed by atoms with Crippen LogP contribution in [0.15, 0.2) is 22.7 Å². The van der Waals surface area contributed by atoms with Crippen LogP contribution in [0.4, 0.5) is 0 Å². The maximum atomic E-state index is 12.5. The van der Waals surface area contributed by atoms with Gasteiger partial charge in [-0.1, -0.05) is 31.1 Å². The van der Waals surface area contributed by atoms with Crippen LogP contribution in [0.1, 0.15) is 56.2 Å². The number of hydrogen-bond acceptors (Lipinski definition) is 5. The molecule has 1 saturated heterocycles. The number of rotatable bonds is 4. The summed E-state index contributed by atoms with van der Waals surface area (Å²) >= 11 is 0. The molecule has 0 bridgehead atoms. The Bertz CT molecular complexity index is 814. The Balaban J connectivity index is 1.70. The zero-order valence-electron chi connectivity index (χ0n) is 14.7. The maximum absolute atomic E-state index is 12.5. The van der Waals surface area contributed by atoms with Gasteiger partial charge in [0.05, 0.1) is 0 Å². The quantitative estimate of drug-likeness (QED) is 0.892. The number of nitrogens with one attached hydrogen (secondary N) is 1. The molecule has 1 aromatic carbocycles. The summed E-state index contributed by atoms with van der Waals surface area (Å²) in [6.07, 6.45) is 3.40. The molecule has 2 atom stereocenters. The minimum absolute atomic E-state index is 0.00706. The number of nitrogens with two attached hydrogens (primary N) is 1. The van der Waals surface area contributed by atoms with Gasteiger partial charge in [0.15, 0.2) is 0 Å². The smallest absolute Gasteiger partial charge is 0.242 e. The van der Waals surface area contributed by atoms with Crippen molar-refractivity contribution in [2.45, 2.75) is 51.0 Å². The molecule has 2 heterocycles. The highest BCUT2D eigenvalue weighted by atomic mass is 16.5. The van der Waals surface area contributed by atoms with Crippen molar-refractivity contribution in [3.63, 3.8) is 0 Å². The minimum Gasteiger partial charge on any atom is -0.355 e. The number of aromatic nitrogens is 2. The van der Waals surface area contributed by atoms with Gasteiger partial charge < -0.3 is 15.6 Å². The second-order valence-corrected chi connectivity index (χ2v) is 7.67. The molecule has 0 saturated carbocycles. The molecule has 0 spiro atoms. The molecule has 1 amide bonds. The molecule has 2 aromatic rings. The Morgan fingerprint density at radius 1 is 1.44 bits per heavy atom. The summed E-state index contributed by atoms with van der Waals surface area (Å²) in [5.74, 6) is 1.31. The first kappa shape index (κ1) is 16.3. The molecular weight excluding hydrogens is 316 g/mol. The molecule has 4 rings (SSSR count). The molecule has 6 nitrogen and oxygen atoms in total. The molecule has 25 heavy (non-hydrogen) atoms. The van der Waals surface area contributed by atoms with Crippen LogP contribution < -0.4 is 11.1 Å². The summed E-state index contributed by atoms with van der Waals surface area (Å²) in [6.45, 7) is 4.86. The van der Waals surface area contributed by atoms with Crippen molar-refractivity contribution < 1.29 is 9.32 Å². The largest absolute Gasteiger partial charge is 0.355 e. The highest BCUT2D eigenvalue weighted by Gasteiger charge is 2.49. The van der Waals surface area contributed by atoms with Crippen LogP contribution in [-0.2, 0) is 16.6 Å². The Kier molecular flexibility index (Phi) is 3.87. The zero-order valence-corrected chi connectivity index (χ0v) is 14.7. The van der Waals surface area contributed by atoms with Crippen LogP contribution in [0, 0.1) is 5.92 Å². The Morgan fingerprint density at radius 2 is 2.28 bits per heavy atom. The van der Waals surface area contributed by atoms with Gasteiger partial charge in [-0.25, -0.2) is 0 Å². The summed E-state index contributed by atoms with van der Waals surface area (Å²) < 4.78 is 5.57. The van der Waals surface area contributed by atoms with E-state index in [9.17, 15) is 4.79 Å². The van der Waals surface area contributed by atoms with Crippen LogP contribution in [-0.4, -0.2) is 22.6 Å². The summed E-state index contributed by atoms with van der Waals surface area (Å²) in [5, 5.41) is 7.08. The fraction of sp³-hybridized carbons (Fsp3) is 0.526. The van der Waals surface area contributed by atoms with E-state index >= 15 is 0 Å². The van der Waals surface area contributed by atoms with E-state index in [1.54, 1.807) is 0 Å². The number of fused-ring (bicyclic) bond motifs is 1. The van der Waals surface area contributed by atoms with E-state index in [0.29, 0.717) is 37.0 Å². The van der Waals surface area contributed by atoms with E-state index in [4.69, 9.17) is 10.3 Å². The number of amides is 1. The monoisotopic (exact) mass is 340 g/mol. The van der Waals surface area contributed by atoms with E-state index in [2.05, 4.69) is 41.4 Å². The molecule has 6 heteroatoms. The van der Waals surface area contributed by atoms with Crippen molar-refractivity contribution in [2.24, 2.45) is 11.7 Å². The standard InChI is InChI=1S/C19H24N4O2/c1-11(2)10-19(7-8-21-17(19)24)18-22-16(23-25-18)13-4-3-12-5-6-15(20)14(12)9-13/h3-4,9,11,15H,5-8,10,20H2,1-2H3,(H,21,24). The Hall–Kier alpha value is -2.21. The van der Waals surface area contributed by atoms with Crippen LogP contribution in [0.25, 0.3) is 11.4 Å². The van der Waals surface area contributed by atoms with Crippen molar-refractivity contribution in [1.29, 1.82) is 0 Å². The minimum atomic E-state index is -0.702.